The van der Waals surface area contributed by atoms with Crippen LogP contribution in [0.5, 0.6) is 0 Å². The number of unbranched alkanes of at least 4 members (excludes halogenated alkanes) is 13. The van der Waals surface area contributed by atoms with Gasteiger partial charge in [0.2, 0.25) is 0 Å². The van der Waals surface area contributed by atoms with Crippen molar-refractivity contribution < 1.29 is 55.4 Å². The van der Waals surface area contributed by atoms with Gasteiger partial charge in [-0.2, -0.15) is 0 Å². The van der Waals surface area contributed by atoms with Crippen LogP contribution in [0.15, 0.2) is 0 Å². The summed E-state index contributed by atoms with van der Waals surface area (Å²) >= 11 is 0. The van der Waals surface area contributed by atoms with Gasteiger partial charge in [0.1, 0.15) is 0 Å². The summed E-state index contributed by atoms with van der Waals surface area (Å²) in [5, 5.41) is 0. The maximum absolute atomic E-state index is 3.88. The SMILES string of the molecule is CCCCCCCCCCCCCCCC[NH3+].[Cl-].[Cl-].[Cl-].[Cl-].[NH4+].[NH4+].[NH4+]. The van der Waals surface area contributed by atoms with E-state index >= 15 is 0 Å². The van der Waals surface area contributed by atoms with Gasteiger partial charge in [0, 0.05) is 0 Å². The molecule has 15 N–H and O–H groups in total. The van der Waals surface area contributed by atoms with E-state index in [2.05, 4.69) is 12.7 Å². The van der Waals surface area contributed by atoms with Crippen molar-refractivity contribution in [3.8, 4) is 0 Å². The topological polar surface area (TPSA) is 137 Å². The lowest BCUT2D eigenvalue weighted by Crippen LogP contribution is -3.00. The second-order valence-corrected chi connectivity index (χ2v) is 5.45. The molecule has 0 radical (unpaired) electrons. The monoisotopic (exact) mass is 436 g/mol. The molecule has 0 aliphatic rings. The third-order valence-corrected chi connectivity index (χ3v) is 3.60. The maximum Gasteiger partial charge on any atom is 0.0739 e. The van der Waals surface area contributed by atoms with Crippen molar-refractivity contribution in [2.24, 2.45) is 0 Å². The van der Waals surface area contributed by atoms with Crippen molar-refractivity contribution in [1.29, 1.82) is 0 Å². The lowest BCUT2D eigenvalue weighted by molar-refractivity contribution is -0.368. The largest absolute Gasteiger partial charge is 1.00 e. The van der Waals surface area contributed by atoms with Gasteiger partial charge in [0.05, 0.1) is 6.54 Å². The van der Waals surface area contributed by atoms with E-state index in [1.807, 2.05) is 0 Å². The molecule has 0 aromatic carbocycles. The molecule has 0 aliphatic heterocycles. The summed E-state index contributed by atoms with van der Waals surface area (Å²) in [4.78, 5) is 0. The van der Waals surface area contributed by atoms with Crippen molar-refractivity contribution in [3.63, 3.8) is 0 Å². The Balaban J connectivity index is -0.0000000610. The minimum atomic E-state index is 0. The molecule has 0 unspecified atom stereocenters. The average Bonchev–Trinajstić information content (AvgIpc) is 2.35. The van der Waals surface area contributed by atoms with Gasteiger partial charge in [-0.05, 0) is 12.8 Å². The molecule has 0 heterocycles. The Hall–Kier alpha value is 1.000. The van der Waals surface area contributed by atoms with Crippen LogP contribution in [0, 0.1) is 0 Å². The normalized spacial score (nSPS) is 7.75. The Labute approximate surface area is 177 Å². The number of hydrogen-bond donors (Lipinski definition) is 4. The van der Waals surface area contributed by atoms with Crippen LogP contribution in [0.1, 0.15) is 96.8 Å². The molecule has 0 atom stereocenters. The fourth-order valence-corrected chi connectivity index (χ4v) is 2.37. The molecule has 0 bridgehead atoms. The predicted octanol–water partition coefficient (Wildman–Crippen LogP) is -6.15. The molecule has 0 aromatic rings. The number of rotatable bonds is 14. The summed E-state index contributed by atoms with van der Waals surface area (Å²) in [5.74, 6) is 0. The quantitative estimate of drug-likeness (QED) is 0.192. The second-order valence-electron chi connectivity index (χ2n) is 5.45. The van der Waals surface area contributed by atoms with Gasteiger partial charge in [0.25, 0.3) is 0 Å². The van der Waals surface area contributed by atoms with Gasteiger partial charge >= 0.3 is 0 Å². The van der Waals surface area contributed by atoms with Crippen LogP contribution in [0.3, 0.4) is 0 Å². The van der Waals surface area contributed by atoms with Crippen molar-refractivity contribution >= 4 is 0 Å². The molecule has 0 amide bonds. The molecule has 0 fully saturated rings. The van der Waals surface area contributed by atoms with E-state index in [9.17, 15) is 0 Å². The smallest absolute Gasteiger partial charge is 0.0739 e. The number of halogens is 4. The van der Waals surface area contributed by atoms with Gasteiger partial charge in [-0.25, -0.2) is 0 Å². The Morgan fingerprint density at radius 3 is 0.833 bits per heavy atom. The fraction of sp³-hybridized carbons (Fsp3) is 1.00. The highest BCUT2D eigenvalue weighted by molar-refractivity contribution is 4.48. The minimum Gasteiger partial charge on any atom is -1.00 e. The Kier molecular flexibility index (Phi) is 103. The van der Waals surface area contributed by atoms with E-state index in [-0.39, 0.29) is 68.1 Å². The molecule has 0 saturated carbocycles. The van der Waals surface area contributed by atoms with E-state index < -0.39 is 0 Å². The first-order chi connectivity index (χ1) is 8.41. The summed E-state index contributed by atoms with van der Waals surface area (Å²) in [5.41, 5.74) is 3.88. The molecule has 0 aromatic heterocycles. The molecule has 160 valence electrons. The first kappa shape index (κ1) is 49.8. The lowest BCUT2D eigenvalue weighted by Gasteiger charge is -2.02. The molecular weight excluding hydrogens is 390 g/mol. The third kappa shape index (κ3) is 49.5. The van der Waals surface area contributed by atoms with Gasteiger partial charge < -0.3 is 73.8 Å². The van der Waals surface area contributed by atoms with Crippen LogP contribution < -0.4 is 73.8 Å². The standard InChI is InChI=1S/C16H35N.4ClH.3H3N/c1-2-3-4-5-6-7-8-9-10-11-12-13-14-15-16-17;;;;;;;/h2-17H2,1H3;4*1H;3*1H3. The Morgan fingerprint density at radius 2 is 0.625 bits per heavy atom. The van der Waals surface area contributed by atoms with Crippen LogP contribution in [0.4, 0.5) is 0 Å². The van der Waals surface area contributed by atoms with Crippen molar-refractivity contribution in [3.05, 3.63) is 0 Å². The predicted molar refractivity (Wildman–Crippen MR) is 96.0 cm³/mol. The van der Waals surface area contributed by atoms with Crippen molar-refractivity contribution in [2.75, 3.05) is 6.54 Å². The third-order valence-electron chi connectivity index (χ3n) is 3.60. The number of hydrogen-bond acceptors (Lipinski definition) is 0. The van der Waals surface area contributed by atoms with E-state index in [0.717, 1.165) is 6.54 Å². The zero-order chi connectivity index (χ0) is 12.6. The summed E-state index contributed by atoms with van der Waals surface area (Å²) < 4.78 is 0. The highest BCUT2D eigenvalue weighted by Crippen LogP contribution is 2.12. The van der Waals surface area contributed by atoms with Crippen LogP contribution in [-0.2, 0) is 0 Å². The first-order valence-corrected chi connectivity index (χ1v) is 8.21. The average molecular weight is 438 g/mol. The van der Waals surface area contributed by atoms with Crippen LogP contribution in [0.25, 0.3) is 0 Å². The fourth-order valence-electron chi connectivity index (χ4n) is 2.37. The van der Waals surface area contributed by atoms with E-state index in [1.54, 1.807) is 0 Å². The van der Waals surface area contributed by atoms with Crippen LogP contribution >= 0.6 is 0 Å². The lowest BCUT2D eigenvalue weighted by atomic mass is 10.0. The summed E-state index contributed by atoms with van der Waals surface area (Å²) in [6, 6.07) is 0. The summed E-state index contributed by atoms with van der Waals surface area (Å²) in [6.45, 7) is 3.41. The zero-order valence-electron chi connectivity index (χ0n) is 16.8. The molecule has 4 nitrogen and oxygen atoms in total. The molecule has 0 spiro atoms. The van der Waals surface area contributed by atoms with Crippen LogP contribution in [-0.4, -0.2) is 6.54 Å². The van der Waals surface area contributed by atoms with Crippen LogP contribution in [0.2, 0.25) is 0 Å². The highest BCUT2D eigenvalue weighted by atomic mass is 35.5. The van der Waals surface area contributed by atoms with Gasteiger partial charge in [-0.3, -0.25) is 0 Å². The summed E-state index contributed by atoms with van der Waals surface area (Å²) in [6.07, 6.45) is 20.2. The Bertz CT molecular complexity index is 133. The van der Waals surface area contributed by atoms with Gasteiger partial charge in [-0.1, -0.05) is 84.0 Å². The minimum absolute atomic E-state index is 0. The summed E-state index contributed by atoms with van der Waals surface area (Å²) in [7, 11) is 0. The molecule has 0 saturated heterocycles. The van der Waals surface area contributed by atoms with Crippen molar-refractivity contribution in [1.82, 2.24) is 18.5 Å². The van der Waals surface area contributed by atoms with Gasteiger partial charge in [0.15, 0.2) is 0 Å². The van der Waals surface area contributed by atoms with E-state index in [0.29, 0.717) is 0 Å². The van der Waals surface area contributed by atoms with E-state index in [4.69, 9.17) is 0 Å². The van der Waals surface area contributed by atoms with E-state index in [1.165, 1.54) is 89.9 Å². The maximum atomic E-state index is 3.88. The highest BCUT2D eigenvalue weighted by Gasteiger charge is 1.93. The Morgan fingerprint density at radius 1 is 0.417 bits per heavy atom. The van der Waals surface area contributed by atoms with Gasteiger partial charge in [-0.15, -0.1) is 0 Å². The molecule has 24 heavy (non-hydrogen) atoms. The molecule has 8 heteroatoms. The first-order valence-electron chi connectivity index (χ1n) is 8.21. The molecule has 0 rings (SSSR count). The number of quaternary nitrogens is 4. The zero-order valence-corrected chi connectivity index (χ0v) is 19.8. The second kappa shape index (κ2) is 49.6. The van der Waals surface area contributed by atoms with Crippen molar-refractivity contribution in [2.45, 2.75) is 96.8 Å². The molecule has 0 aliphatic carbocycles. The molecular formula is C16H48Cl4N4.